The third-order valence-corrected chi connectivity index (χ3v) is 6.34. The van der Waals surface area contributed by atoms with Gasteiger partial charge in [0.15, 0.2) is 0 Å². The average Bonchev–Trinajstić information content (AvgIpc) is 2.45. The number of sulfonamides is 1. The van der Waals surface area contributed by atoms with Crippen LogP contribution in [0.2, 0.25) is 10.0 Å². The lowest BCUT2D eigenvalue weighted by Gasteiger charge is -2.24. The molecule has 8 heteroatoms. The maximum Gasteiger partial charge on any atom is 0.243 e. The SMILES string of the molecule is CCN(CC)C(=O)[C@@H](C)NS(=O)(=O)c1c(C)c(Cl)cc(C)c1Cl. The van der Waals surface area contributed by atoms with Crippen molar-refractivity contribution in [2.45, 2.75) is 45.6 Å². The molecule has 0 saturated carbocycles. The fourth-order valence-electron chi connectivity index (χ4n) is 2.28. The van der Waals surface area contributed by atoms with Crippen LogP contribution in [0.25, 0.3) is 0 Å². The van der Waals surface area contributed by atoms with Crippen molar-refractivity contribution in [1.29, 1.82) is 0 Å². The summed E-state index contributed by atoms with van der Waals surface area (Å²) < 4.78 is 27.7. The van der Waals surface area contributed by atoms with Gasteiger partial charge in [-0.05, 0) is 51.8 Å². The van der Waals surface area contributed by atoms with Crippen LogP contribution >= 0.6 is 23.2 Å². The number of halogens is 2. The number of amides is 1. The maximum absolute atomic E-state index is 12.7. The molecule has 1 rings (SSSR count). The van der Waals surface area contributed by atoms with Crippen molar-refractivity contribution >= 4 is 39.1 Å². The van der Waals surface area contributed by atoms with E-state index in [4.69, 9.17) is 23.2 Å². The quantitative estimate of drug-likeness (QED) is 0.823. The molecule has 0 fully saturated rings. The van der Waals surface area contributed by atoms with Crippen molar-refractivity contribution in [2.24, 2.45) is 0 Å². The van der Waals surface area contributed by atoms with Gasteiger partial charge in [0, 0.05) is 18.1 Å². The van der Waals surface area contributed by atoms with Gasteiger partial charge in [-0.3, -0.25) is 4.79 Å². The van der Waals surface area contributed by atoms with E-state index in [1.54, 1.807) is 24.8 Å². The molecule has 23 heavy (non-hydrogen) atoms. The number of hydrogen-bond acceptors (Lipinski definition) is 3. The lowest BCUT2D eigenvalue weighted by Crippen LogP contribution is -2.46. The lowest BCUT2D eigenvalue weighted by molar-refractivity contribution is -0.132. The molecule has 0 aliphatic heterocycles. The van der Waals surface area contributed by atoms with Crippen molar-refractivity contribution in [3.8, 4) is 0 Å². The first-order valence-corrected chi connectivity index (χ1v) is 9.57. The molecule has 1 amide bonds. The summed E-state index contributed by atoms with van der Waals surface area (Å²) in [6, 6.07) is 0.720. The van der Waals surface area contributed by atoms with E-state index in [1.807, 2.05) is 13.8 Å². The Hall–Kier alpha value is -0.820. The van der Waals surface area contributed by atoms with Crippen LogP contribution < -0.4 is 4.72 Å². The van der Waals surface area contributed by atoms with Crippen LogP contribution in [0, 0.1) is 13.8 Å². The second-order valence-corrected chi connectivity index (χ2v) is 7.73. The first-order valence-electron chi connectivity index (χ1n) is 7.33. The molecule has 0 saturated heterocycles. The Bertz CT molecular complexity index is 675. The van der Waals surface area contributed by atoms with Gasteiger partial charge in [0.2, 0.25) is 15.9 Å². The Morgan fingerprint density at radius 2 is 1.78 bits per heavy atom. The van der Waals surface area contributed by atoms with Gasteiger partial charge >= 0.3 is 0 Å². The fraction of sp³-hybridized carbons (Fsp3) is 0.533. The minimum Gasteiger partial charge on any atom is -0.342 e. The predicted molar refractivity (Wildman–Crippen MR) is 93.6 cm³/mol. The van der Waals surface area contributed by atoms with Crippen molar-refractivity contribution in [3.63, 3.8) is 0 Å². The zero-order chi connectivity index (χ0) is 17.9. The van der Waals surface area contributed by atoms with E-state index in [2.05, 4.69) is 4.72 Å². The van der Waals surface area contributed by atoms with E-state index in [0.29, 0.717) is 29.2 Å². The highest BCUT2D eigenvalue weighted by atomic mass is 35.5. The molecule has 0 bridgehead atoms. The molecule has 0 unspecified atom stereocenters. The van der Waals surface area contributed by atoms with Gasteiger partial charge in [-0.15, -0.1) is 0 Å². The highest BCUT2D eigenvalue weighted by molar-refractivity contribution is 7.89. The zero-order valence-electron chi connectivity index (χ0n) is 13.9. The van der Waals surface area contributed by atoms with Crippen molar-refractivity contribution in [1.82, 2.24) is 9.62 Å². The van der Waals surface area contributed by atoms with Gasteiger partial charge < -0.3 is 4.90 Å². The molecule has 1 N–H and O–H groups in total. The number of hydrogen-bond donors (Lipinski definition) is 1. The van der Waals surface area contributed by atoms with E-state index >= 15 is 0 Å². The van der Waals surface area contributed by atoms with Crippen LogP contribution in [0.4, 0.5) is 0 Å². The number of carbonyl (C=O) groups excluding carboxylic acids is 1. The summed E-state index contributed by atoms with van der Waals surface area (Å²) in [4.78, 5) is 13.7. The van der Waals surface area contributed by atoms with Crippen LogP contribution in [-0.4, -0.2) is 38.4 Å². The van der Waals surface area contributed by atoms with E-state index in [9.17, 15) is 13.2 Å². The molecular weight excluding hydrogens is 359 g/mol. The molecule has 1 aromatic carbocycles. The second kappa shape index (κ2) is 7.83. The van der Waals surface area contributed by atoms with Gasteiger partial charge in [0.1, 0.15) is 4.90 Å². The van der Waals surface area contributed by atoms with Gasteiger partial charge in [0.25, 0.3) is 0 Å². The molecule has 0 spiro atoms. The Morgan fingerprint density at radius 1 is 1.26 bits per heavy atom. The van der Waals surface area contributed by atoms with E-state index in [0.717, 1.165) is 0 Å². The van der Waals surface area contributed by atoms with Crippen LogP contribution in [0.15, 0.2) is 11.0 Å². The molecule has 130 valence electrons. The van der Waals surface area contributed by atoms with Gasteiger partial charge in [-0.1, -0.05) is 23.2 Å². The third kappa shape index (κ3) is 4.38. The first kappa shape index (κ1) is 20.2. The molecule has 5 nitrogen and oxygen atoms in total. The highest BCUT2D eigenvalue weighted by Crippen LogP contribution is 2.33. The Morgan fingerprint density at radius 3 is 2.26 bits per heavy atom. The van der Waals surface area contributed by atoms with Crippen LogP contribution in [0.1, 0.15) is 31.9 Å². The summed E-state index contributed by atoms with van der Waals surface area (Å²) in [5.74, 6) is -0.286. The van der Waals surface area contributed by atoms with Crippen LogP contribution in [0.3, 0.4) is 0 Å². The minimum absolute atomic E-state index is 0.0802. The Balaban J connectivity index is 3.22. The number of likely N-dealkylation sites (N-methyl/N-ethyl adjacent to an activating group) is 1. The minimum atomic E-state index is -3.97. The highest BCUT2D eigenvalue weighted by Gasteiger charge is 2.29. The summed E-state index contributed by atoms with van der Waals surface area (Å²) in [5.41, 5.74) is 0.919. The monoisotopic (exact) mass is 380 g/mol. The average molecular weight is 381 g/mol. The maximum atomic E-state index is 12.7. The summed E-state index contributed by atoms with van der Waals surface area (Å²) in [6.45, 7) is 9.47. The predicted octanol–water partition coefficient (Wildman–Crippen LogP) is 3.15. The lowest BCUT2D eigenvalue weighted by atomic mass is 10.2. The number of rotatable bonds is 6. The number of aryl methyl sites for hydroxylation is 1. The molecule has 0 aromatic heterocycles. The van der Waals surface area contributed by atoms with Crippen molar-refractivity contribution < 1.29 is 13.2 Å². The van der Waals surface area contributed by atoms with Crippen molar-refractivity contribution in [3.05, 3.63) is 27.2 Å². The van der Waals surface area contributed by atoms with Crippen LogP contribution in [0.5, 0.6) is 0 Å². The fourth-order valence-corrected chi connectivity index (χ4v) is 4.69. The van der Waals surface area contributed by atoms with Crippen molar-refractivity contribution in [2.75, 3.05) is 13.1 Å². The number of carbonyl (C=O) groups is 1. The summed E-state index contributed by atoms with van der Waals surface area (Å²) >= 11 is 12.2. The normalized spacial score (nSPS) is 13.0. The van der Waals surface area contributed by atoms with E-state index < -0.39 is 16.1 Å². The summed E-state index contributed by atoms with van der Waals surface area (Å²) in [7, 11) is -3.97. The Labute approximate surface area is 148 Å². The summed E-state index contributed by atoms with van der Waals surface area (Å²) in [5, 5.41) is 0.428. The Kier molecular flexibility index (Phi) is 6.89. The van der Waals surface area contributed by atoms with Gasteiger partial charge in [-0.2, -0.15) is 4.72 Å². The molecule has 1 atom stereocenters. The number of benzene rings is 1. The van der Waals surface area contributed by atoms with Gasteiger partial charge in [0.05, 0.1) is 11.1 Å². The second-order valence-electron chi connectivity index (χ2n) is 5.30. The van der Waals surface area contributed by atoms with Gasteiger partial charge in [-0.25, -0.2) is 8.42 Å². The largest absolute Gasteiger partial charge is 0.342 e. The molecule has 0 aliphatic carbocycles. The number of nitrogens with one attached hydrogen (secondary N) is 1. The molecular formula is C15H22Cl2N2O3S. The number of nitrogens with zero attached hydrogens (tertiary/aromatic N) is 1. The molecule has 0 radical (unpaired) electrons. The smallest absolute Gasteiger partial charge is 0.243 e. The standard InChI is InChI=1S/C15H22Cl2N2O3S/c1-6-19(7-2)15(20)11(5)18-23(21,22)14-10(4)12(16)8-9(3)13(14)17/h8,11,18H,6-7H2,1-5H3/t11-/m1/s1. The third-order valence-electron chi connectivity index (χ3n) is 3.63. The van der Waals surface area contributed by atoms with Crippen LogP contribution in [-0.2, 0) is 14.8 Å². The molecule has 0 heterocycles. The molecule has 1 aromatic rings. The van der Waals surface area contributed by atoms with E-state index in [1.165, 1.54) is 6.92 Å². The topological polar surface area (TPSA) is 66.5 Å². The zero-order valence-corrected chi connectivity index (χ0v) is 16.2. The summed E-state index contributed by atoms with van der Waals surface area (Å²) in [6.07, 6.45) is 0. The first-order chi connectivity index (χ1) is 10.6. The van der Waals surface area contributed by atoms with E-state index in [-0.39, 0.29) is 15.8 Å². The molecule has 0 aliphatic rings.